The molecule has 102 valence electrons. The van der Waals surface area contributed by atoms with E-state index in [4.69, 9.17) is 22.1 Å². The molecule has 0 saturated heterocycles. The molecule has 1 aromatic carbocycles. The molecule has 0 aromatic heterocycles. The molecular weight excluding hydrogens is 344 g/mol. The smallest absolute Gasteiger partial charge is 0.241 e. The van der Waals surface area contributed by atoms with Crippen molar-refractivity contribution in [1.29, 1.82) is 0 Å². The van der Waals surface area contributed by atoms with Crippen molar-refractivity contribution < 1.29 is 13.2 Å². The Hall–Kier alpha value is -0.340. The lowest BCUT2D eigenvalue weighted by Gasteiger charge is -2.13. The van der Waals surface area contributed by atoms with E-state index in [9.17, 15) is 8.42 Å². The van der Waals surface area contributed by atoms with E-state index in [1.807, 2.05) is 0 Å². The fourth-order valence-corrected chi connectivity index (χ4v) is 3.57. The minimum absolute atomic E-state index is 0.0100. The summed E-state index contributed by atoms with van der Waals surface area (Å²) < 4.78 is 31.8. The predicted octanol–water partition coefficient (Wildman–Crippen LogP) is 2.00. The zero-order chi connectivity index (χ0) is 13.9. The van der Waals surface area contributed by atoms with Crippen LogP contribution < -0.4 is 10.5 Å². The minimum Gasteiger partial charge on any atom is -0.398 e. The lowest BCUT2D eigenvalue weighted by Crippen LogP contribution is -2.31. The van der Waals surface area contributed by atoms with Crippen molar-refractivity contribution in [1.82, 2.24) is 4.72 Å². The molecule has 0 bridgehead atoms. The van der Waals surface area contributed by atoms with Gasteiger partial charge in [-0.25, -0.2) is 13.1 Å². The van der Waals surface area contributed by atoms with E-state index >= 15 is 0 Å². The molecule has 0 spiro atoms. The highest BCUT2D eigenvalue weighted by Crippen LogP contribution is 2.31. The van der Waals surface area contributed by atoms with Gasteiger partial charge >= 0.3 is 0 Å². The average Bonchev–Trinajstić information content (AvgIpc) is 2.30. The van der Waals surface area contributed by atoms with E-state index < -0.39 is 10.0 Å². The Kier molecular flexibility index (Phi) is 5.42. The van der Waals surface area contributed by atoms with Gasteiger partial charge in [-0.1, -0.05) is 11.6 Å². The zero-order valence-electron chi connectivity index (χ0n) is 9.91. The highest BCUT2D eigenvalue weighted by molar-refractivity contribution is 9.10. The fourth-order valence-electron chi connectivity index (χ4n) is 1.17. The molecule has 1 unspecified atom stereocenters. The third kappa shape index (κ3) is 3.83. The van der Waals surface area contributed by atoms with Crippen LogP contribution in [0.2, 0.25) is 5.02 Å². The molecule has 0 fully saturated rings. The van der Waals surface area contributed by atoms with Gasteiger partial charge in [-0.2, -0.15) is 0 Å². The molecule has 18 heavy (non-hydrogen) atoms. The molecule has 5 nitrogen and oxygen atoms in total. The molecule has 0 radical (unpaired) electrons. The van der Waals surface area contributed by atoms with Gasteiger partial charge in [-0.05, 0) is 35.0 Å². The maximum absolute atomic E-state index is 12.1. The Morgan fingerprint density at radius 2 is 2.17 bits per heavy atom. The van der Waals surface area contributed by atoms with Crippen molar-refractivity contribution in [3.05, 3.63) is 21.6 Å². The topological polar surface area (TPSA) is 81.4 Å². The van der Waals surface area contributed by atoms with Crippen molar-refractivity contribution in [3.8, 4) is 0 Å². The largest absolute Gasteiger partial charge is 0.398 e. The van der Waals surface area contributed by atoms with Crippen molar-refractivity contribution in [2.45, 2.75) is 17.9 Å². The molecule has 0 saturated carbocycles. The van der Waals surface area contributed by atoms with Gasteiger partial charge in [0.25, 0.3) is 0 Å². The van der Waals surface area contributed by atoms with E-state index in [2.05, 4.69) is 20.7 Å². The Morgan fingerprint density at radius 3 is 2.72 bits per heavy atom. The van der Waals surface area contributed by atoms with Crippen LogP contribution in [0.25, 0.3) is 0 Å². The number of nitrogen functional groups attached to an aromatic ring is 1. The number of anilines is 1. The SMILES string of the molecule is COC(C)CNS(=O)(=O)c1cc(Cl)cc(N)c1Br. The second kappa shape index (κ2) is 6.21. The van der Waals surface area contributed by atoms with E-state index in [1.54, 1.807) is 6.92 Å². The summed E-state index contributed by atoms with van der Waals surface area (Å²) in [6.45, 7) is 1.92. The molecule has 1 atom stereocenters. The van der Waals surface area contributed by atoms with E-state index in [0.29, 0.717) is 4.47 Å². The fraction of sp³-hybridized carbons (Fsp3) is 0.400. The van der Waals surface area contributed by atoms with Crippen LogP contribution in [0, 0.1) is 0 Å². The van der Waals surface area contributed by atoms with Gasteiger partial charge in [0.05, 0.1) is 15.5 Å². The summed E-state index contributed by atoms with van der Waals surface area (Å²) in [5.74, 6) is 0. The Morgan fingerprint density at radius 1 is 1.56 bits per heavy atom. The molecule has 0 heterocycles. The second-order valence-electron chi connectivity index (χ2n) is 3.71. The number of hydrogen-bond donors (Lipinski definition) is 2. The predicted molar refractivity (Wildman–Crippen MR) is 75.2 cm³/mol. The number of benzene rings is 1. The first-order valence-corrected chi connectivity index (χ1v) is 7.70. The lowest BCUT2D eigenvalue weighted by molar-refractivity contribution is 0.122. The standard InChI is InChI=1S/C10H14BrClN2O3S/c1-6(17-2)5-14-18(15,16)9-4-7(12)3-8(13)10(9)11/h3-4,6,14H,5,13H2,1-2H3. The van der Waals surface area contributed by atoms with Crippen LogP contribution in [0.3, 0.4) is 0 Å². The summed E-state index contributed by atoms with van der Waals surface area (Å²) in [6.07, 6.45) is -0.227. The van der Waals surface area contributed by atoms with Crippen LogP contribution in [-0.4, -0.2) is 28.2 Å². The van der Waals surface area contributed by atoms with E-state index in [1.165, 1.54) is 19.2 Å². The van der Waals surface area contributed by atoms with Crippen LogP contribution >= 0.6 is 27.5 Å². The number of methoxy groups -OCH3 is 1. The van der Waals surface area contributed by atoms with Crippen LogP contribution in [0.15, 0.2) is 21.5 Å². The Bertz CT molecular complexity index is 536. The molecule has 0 aliphatic carbocycles. The van der Waals surface area contributed by atoms with Gasteiger partial charge < -0.3 is 10.5 Å². The molecule has 0 aliphatic rings. The van der Waals surface area contributed by atoms with Crippen molar-refractivity contribution in [2.24, 2.45) is 0 Å². The molecular formula is C10H14BrClN2O3S. The van der Waals surface area contributed by atoms with Crippen molar-refractivity contribution >= 4 is 43.2 Å². The van der Waals surface area contributed by atoms with Crippen LogP contribution in [0.5, 0.6) is 0 Å². The first-order valence-electron chi connectivity index (χ1n) is 5.05. The number of hydrogen-bond acceptors (Lipinski definition) is 4. The Balaban J connectivity index is 3.05. The summed E-state index contributed by atoms with van der Waals surface area (Å²) in [5.41, 5.74) is 5.92. The summed E-state index contributed by atoms with van der Waals surface area (Å²) in [5, 5.41) is 0.260. The number of nitrogens with two attached hydrogens (primary N) is 1. The minimum atomic E-state index is -3.68. The molecule has 0 amide bonds. The van der Waals surface area contributed by atoms with Gasteiger partial charge in [-0.15, -0.1) is 0 Å². The van der Waals surface area contributed by atoms with E-state index in [0.717, 1.165) is 0 Å². The van der Waals surface area contributed by atoms with E-state index in [-0.39, 0.29) is 28.3 Å². The normalized spacial score (nSPS) is 13.6. The third-order valence-corrected chi connectivity index (χ3v) is 5.10. The number of rotatable bonds is 5. The maximum Gasteiger partial charge on any atom is 0.241 e. The first kappa shape index (κ1) is 15.7. The number of ether oxygens (including phenoxy) is 1. The lowest BCUT2D eigenvalue weighted by atomic mass is 10.3. The Labute approximate surface area is 120 Å². The van der Waals surface area contributed by atoms with Crippen LogP contribution in [-0.2, 0) is 14.8 Å². The molecule has 3 N–H and O–H groups in total. The quantitative estimate of drug-likeness (QED) is 0.790. The average molecular weight is 358 g/mol. The van der Waals surface area contributed by atoms with Gasteiger partial charge in [0, 0.05) is 24.4 Å². The molecule has 1 aromatic rings. The molecule has 0 aliphatic heterocycles. The molecule has 1 rings (SSSR count). The van der Waals surface area contributed by atoms with Gasteiger partial charge in [0.15, 0.2) is 0 Å². The zero-order valence-corrected chi connectivity index (χ0v) is 13.1. The summed E-state index contributed by atoms with van der Waals surface area (Å²) in [4.78, 5) is 0.0100. The number of halogens is 2. The van der Waals surface area contributed by atoms with Crippen LogP contribution in [0.1, 0.15) is 6.92 Å². The number of nitrogens with one attached hydrogen (secondary N) is 1. The highest BCUT2D eigenvalue weighted by Gasteiger charge is 2.20. The van der Waals surface area contributed by atoms with Gasteiger partial charge in [-0.3, -0.25) is 0 Å². The highest BCUT2D eigenvalue weighted by atomic mass is 79.9. The van der Waals surface area contributed by atoms with Crippen LogP contribution in [0.4, 0.5) is 5.69 Å². The summed E-state index contributed by atoms with van der Waals surface area (Å²) in [7, 11) is -2.18. The summed E-state index contributed by atoms with van der Waals surface area (Å²) in [6, 6.07) is 2.81. The number of sulfonamides is 1. The third-order valence-electron chi connectivity index (χ3n) is 2.28. The monoisotopic (exact) mass is 356 g/mol. The van der Waals surface area contributed by atoms with Gasteiger partial charge in [0.2, 0.25) is 10.0 Å². The molecule has 8 heteroatoms. The maximum atomic E-state index is 12.1. The first-order chi connectivity index (χ1) is 8.27. The van der Waals surface area contributed by atoms with Crippen molar-refractivity contribution in [2.75, 3.05) is 19.4 Å². The van der Waals surface area contributed by atoms with Crippen molar-refractivity contribution in [3.63, 3.8) is 0 Å². The second-order valence-corrected chi connectivity index (χ2v) is 6.67. The van der Waals surface area contributed by atoms with Gasteiger partial charge in [0.1, 0.15) is 0 Å². The summed E-state index contributed by atoms with van der Waals surface area (Å²) >= 11 is 8.94.